The largest absolute Gasteiger partial charge is 0.324 e. The van der Waals surface area contributed by atoms with Crippen LogP contribution in [-0.2, 0) is 13.1 Å². The Hall–Kier alpha value is -0.980. The van der Waals surface area contributed by atoms with Crippen LogP contribution in [0.25, 0.3) is 0 Å². The van der Waals surface area contributed by atoms with E-state index in [0.29, 0.717) is 12.5 Å². The van der Waals surface area contributed by atoms with Crippen LogP contribution < -0.4 is 5.73 Å². The summed E-state index contributed by atoms with van der Waals surface area (Å²) in [5, 5.41) is 9.41. The summed E-state index contributed by atoms with van der Waals surface area (Å²) >= 11 is 3.74. The van der Waals surface area contributed by atoms with Gasteiger partial charge in [0.1, 0.15) is 5.82 Å². The van der Waals surface area contributed by atoms with E-state index in [0.717, 1.165) is 29.0 Å². The molecule has 0 amide bonds. The van der Waals surface area contributed by atoms with Gasteiger partial charge in [-0.1, -0.05) is 30.0 Å². The molecule has 0 saturated heterocycles. The molecule has 0 radical (unpaired) electrons. The minimum absolute atomic E-state index is 0.448. The molecule has 2 N–H and O–H groups in total. The van der Waals surface area contributed by atoms with E-state index < -0.39 is 0 Å². The minimum Gasteiger partial charge on any atom is -0.324 e. The number of nitrogens with zero attached hydrogens (tertiary/aromatic N) is 3. The Bertz CT molecular complexity index is 597. The first-order valence-electron chi connectivity index (χ1n) is 6.80. The lowest BCUT2D eigenvalue weighted by atomic mass is 10.0. The van der Waals surface area contributed by atoms with E-state index in [2.05, 4.69) is 46.0 Å². The molecule has 1 aromatic heterocycles. The molecule has 0 aliphatic carbocycles. The second-order valence-electron chi connectivity index (χ2n) is 4.70. The first-order chi connectivity index (χ1) is 9.83. The number of hydrogen-bond acceptors (Lipinski definition) is 5. The number of hydrogen-bond donors (Lipinski definition) is 1. The first kappa shape index (κ1) is 14.0. The molecule has 20 heavy (non-hydrogen) atoms. The normalized spacial score (nSPS) is 17.4. The molecule has 1 unspecified atom stereocenters. The minimum atomic E-state index is 0.448. The van der Waals surface area contributed by atoms with Crippen molar-refractivity contribution < 1.29 is 0 Å². The molecule has 3 rings (SSSR count). The standard InChI is InChI=1S/C14H18N4S2/c1-2-18-13(7-15)16-17-14(18)20-9-10-8-19-12-6-4-3-5-11(10)12/h3-6,10H,2,7-9,15H2,1H3. The van der Waals surface area contributed by atoms with Crippen molar-refractivity contribution in [3.05, 3.63) is 35.7 Å². The van der Waals surface area contributed by atoms with Gasteiger partial charge in [-0.2, -0.15) is 0 Å². The Balaban J connectivity index is 1.70. The van der Waals surface area contributed by atoms with E-state index in [1.807, 2.05) is 11.8 Å². The van der Waals surface area contributed by atoms with Gasteiger partial charge in [0.2, 0.25) is 0 Å². The van der Waals surface area contributed by atoms with Crippen molar-refractivity contribution in [1.29, 1.82) is 0 Å². The lowest BCUT2D eigenvalue weighted by Gasteiger charge is -2.10. The Kier molecular flexibility index (Phi) is 4.33. The van der Waals surface area contributed by atoms with Gasteiger partial charge in [-0.15, -0.1) is 22.0 Å². The fraction of sp³-hybridized carbons (Fsp3) is 0.429. The quantitative estimate of drug-likeness (QED) is 0.861. The number of nitrogens with two attached hydrogens (primary N) is 1. The monoisotopic (exact) mass is 306 g/mol. The molecule has 106 valence electrons. The van der Waals surface area contributed by atoms with Crippen molar-refractivity contribution in [3.63, 3.8) is 0 Å². The van der Waals surface area contributed by atoms with E-state index in [9.17, 15) is 0 Å². The lowest BCUT2D eigenvalue weighted by molar-refractivity contribution is 0.642. The van der Waals surface area contributed by atoms with Crippen LogP contribution >= 0.6 is 23.5 Å². The summed E-state index contributed by atoms with van der Waals surface area (Å²) in [4.78, 5) is 1.43. The summed E-state index contributed by atoms with van der Waals surface area (Å²) in [6, 6.07) is 8.70. The zero-order valence-corrected chi connectivity index (χ0v) is 13.1. The summed E-state index contributed by atoms with van der Waals surface area (Å²) in [7, 11) is 0. The summed E-state index contributed by atoms with van der Waals surface area (Å²) in [6.45, 7) is 3.43. The van der Waals surface area contributed by atoms with Gasteiger partial charge in [0.05, 0.1) is 6.54 Å². The summed E-state index contributed by atoms with van der Waals surface area (Å²) in [5.41, 5.74) is 7.16. The Morgan fingerprint density at radius 2 is 2.25 bits per heavy atom. The Morgan fingerprint density at radius 1 is 1.40 bits per heavy atom. The van der Waals surface area contributed by atoms with E-state index in [1.54, 1.807) is 11.8 Å². The fourth-order valence-electron chi connectivity index (χ4n) is 2.44. The Labute approximate surface area is 127 Å². The topological polar surface area (TPSA) is 56.7 Å². The predicted molar refractivity (Wildman–Crippen MR) is 84.2 cm³/mol. The van der Waals surface area contributed by atoms with Gasteiger partial charge in [-0.05, 0) is 18.6 Å². The van der Waals surface area contributed by atoms with Gasteiger partial charge in [0, 0.05) is 28.9 Å². The van der Waals surface area contributed by atoms with Crippen molar-refractivity contribution in [2.75, 3.05) is 11.5 Å². The van der Waals surface area contributed by atoms with Crippen LogP contribution in [0.4, 0.5) is 0 Å². The van der Waals surface area contributed by atoms with Crippen LogP contribution in [0.2, 0.25) is 0 Å². The van der Waals surface area contributed by atoms with E-state index in [4.69, 9.17) is 5.73 Å². The summed E-state index contributed by atoms with van der Waals surface area (Å²) < 4.78 is 2.11. The molecular weight excluding hydrogens is 288 g/mol. The molecular formula is C14H18N4S2. The molecule has 6 heteroatoms. The van der Waals surface area contributed by atoms with Gasteiger partial charge in [-0.25, -0.2) is 0 Å². The van der Waals surface area contributed by atoms with Crippen LogP contribution in [-0.4, -0.2) is 26.3 Å². The zero-order valence-electron chi connectivity index (χ0n) is 11.5. The van der Waals surface area contributed by atoms with Crippen LogP contribution in [0.1, 0.15) is 24.2 Å². The van der Waals surface area contributed by atoms with E-state index in [-0.39, 0.29) is 0 Å². The van der Waals surface area contributed by atoms with Crippen molar-refractivity contribution in [2.24, 2.45) is 5.73 Å². The smallest absolute Gasteiger partial charge is 0.191 e. The average Bonchev–Trinajstić information content (AvgIpc) is 3.08. The third-order valence-electron chi connectivity index (χ3n) is 3.50. The van der Waals surface area contributed by atoms with Gasteiger partial charge in [-0.3, -0.25) is 0 Å². The first-order valence-corrected chi connectivity index (χ1v) is 8.77. The summed E-state index contributed by atoms with van der Waals surface area (Å²) in [6.07, 6.45) is 0. The molecule has 4 nitrogen and oxygen atoms in total. The fourth-order valence-corrected chi connectivity index (χ4v) is 4.98. The van der Waals surface area contributed by atoms with Crippen molar-refractivity contribution in [3.8, 4) is 0 Å². The third kappa shape index (κ3) is 2.60. The molecule has 1 aliphatic rings. The molecule has 1 atom stereocenters. The van der Waals surface area contributed by atoms with Gasteiger partial charge in [0.25, 0.3) is 0 Å². The second kappa shape index (κ2) is 6.20. The number of aromatic nitrogens is 3. The highest BCUT2D eigenvalue weighted by atomic mass is 32.2. The maximum Gasteiger partial charge on any atom is 0.191 e. The molecule has 2 aromatic rings. The average molecular weight is 306 g/mol. The van der Waals surface area contributed by atoms with Gasteiger partial charge < -0.3 is 10.3 Å². The lowest BCUT2D eigenvalue weighted by Crippen LogP contribution is -2.08. The zero-order chi connectivity index (χ0) is 13.9. The summed E-state index contributed by atoms with van der Waals surface area (Å²) in [5.74, 6) is 3.68. The highest BCUT2D eigenvalue weighted by Gasteiger charge is 2.23. The van der Waals surface area contributed by atoms with Gasteiger partial charge in [0.15, 0.2) is 5.16 Å². The molecule has 1 aromatic carbocycles. The predicted octanol–water partition coefficient (Wildman–Crippen LogP) is 2.74. The highest BCUT2D eigenvalue weighted by molar-refractivity contribution is 8.00. The molecule has 0 bridgehead atoms. The second-order valence-corrected chi connectivity index (χ2v) is 6.75. The maximum absolute atomic E-state index is 5.69. The van der Waals surface area contributed by atoms with E-state index >= 15 is 0 Å². The van der Waals surface area contributed by atoms with Crippen LogP contribution in [0, 0.1) is 0 Å². The SMILES string of the molecule is CCn1c(CN)nnc1SCC1CSc2ccccc21. The molecule has 1 aliphatic heterocycles. The van der Waals surface area contributed by atoms with E-state index in [1.165, 1.54) is 10.5 Å². The number of benzene rings is 1. The van der Waals surface area contributed by atoms with Crippen LogP contribution in [0.15, 0.2) is 34.3 Å². The molecule has 0 spiro atoms. The van der Waals surface area contributed by atoms with Crippen molar-refractivity contribution >= 4 is 23.5 Å². The number of rotatable bonds is 5. The molecule has 2 heterocycles. The van der Waals surface area contributed by atoms with Gasteiger partial charge >= 0.3 is 0 Å². The molecule has 0 fully saturated rings. The van der Waals surface area contributed by atoms with Crippen molar-refractivity contribution in [1.82, 2.24) is 14.8 Å². The number of thioether (sulfide) groups is 2. The third-order valence-corrected chi connectivity index (χ3v) is 5.89. The number of fused-ring (bicyclic) bond motifs is 1. The van der Waals surface area contributed by atoms with Crippen LogP contribution in [0.3, 0.4) is 0 Å². The Morgan fingerprint density at radius 3 is 3.05 bits per heavy atom. The van der Waals surface area contributed by atoms with Crippen molar-refractivity contribution in [2.45, 2.75) is 36.0 Å². The van der Waals surface area contributed by atoms with Crippen LogP contribution in [0.5, 0.6) is 0 Å². The highest BCUT2D eigenvalue weighted by Crippen LogP contribution is 2.41. The maximum atomic E-state index is 5.69. The molecule has 0 saturated carbocycles.